The molecular weight excluding hydrogens is 358 g/mol. The summed E-state index contributed by atoms with van der Waals surface area (Å²) in [4.78, 5) is 30.0. The topological polar surface area (TPSA) is 75.4 Å². The van der Waals surface area contributed by atoms with Crippen LogP contribution in [0.4, 0.5) is 4.79 Å². The maximum Gasteiger partial charge on any atom is 0.325 e. The molecule has 1 fully saturated rings. The number of halogens is 1. The van der Waals surface area contributed by atoms with Gasteiger partial charge in [0.25, 0.3) is 5.91 Å². The number of nitrogens with one attached hydrogen (secondary N) is 1. The normalized spacial score (nSPS) is 22.0. The lowest BCUT2D eigenvalue weighted by Crippen LogP contribution is -2.40. The molecule has 0 aliphatic carbocycles. The molecule has 2 aromatic heterocycles. The Hall–Kier alpha value is -1.67. The van der Waals surface area contributed by atoms with Crippen LogP contribution < -0.4 is 5.32 Å². The third kappa shape index (κ3) is 2.38. The Labute approximate surface area is 133 Å². The quantitative estimate of drug-likeness (QED) is 0.844. The van der Waals surface area contributed by atoms with Gasteiger partial charge in [-0.2, -0.15) is 0 Å². The molecule has 3 heterocycles. The number of carbonyl (C=O) groups is 2. The lowest BCUT2D eigenvalue weighted by atomic mass is 9.99. The van der Waals surface area contributed by atoms with E-state index in [9.17, 15) is 9.59 Å². The minimum Gasteiger partial charge on any atom is -0.463 e. The van der Waals surface area contributed by atoms with Crippen LogP contribution in [0.5, 0.6) is 0 Å². The van der Waals surface area contributed by atoms with Crippen molar-refractivity contribution in [3.8, 4) is 0 Å². The highest BCUT2D eigenvalue weighted by Gasteiger charge is 2.51. The average Bonchev–Trinajstić information content (AvgIpc) is 3.08. The van der Waals surface area contributed by atoms with E-state index < -0.39 is 11.6 Å². The molecule has 0 bridgehead atoms. The Bertz CT molecular complexity index is 726. The van der Waals surface area contributed by atoms with Crippen LogP contribution in [0, 0.1) is 6.92 Å². The molecule has 1 aliphatic heterocycles. The predicted octanol–water partition coefficient (Wildman–Crippen LogP) is 2.77. The molecule has 2 aromatic rings. The molecular formula is C13H12BrN3O3S. The van der Waals surface area contributed by atoms with Gasteiger partial charge in [-0.05, 0) is 41.9 Å². The van der Waals surface area contributed by atoms with E-state index in [2.05, 4.69) is 26.2 Å². The number of amides is 3. The van der Waals surface area contributed by atoms with Crippen molar-refractivity contribution in [2.24, 2.45) is 0 Å². The van der Waals surface area contributed by atoms with Crippen molar-refractivity contribution >= 4 is 39.2 Å². The van der Waals surface area contributed by atoms with Gasteiger partial charge >= 0.3 is 6.03 Å². The van der Waals surface area contributed by atoms with Crippen molar-refractivity contribution in [1.29, 1.82) is 0 Å². The number of imide groups is 1. The zero-order valence-electron chi connectivity index (χ0n) is 11.3. The fourth-order valence-electron chi connectivity index (χ4n) is 2.21. The van der Waals surface area contributed by atoms with Crippen LogP contribution in [0.1, 0.15) is 23.5 Å². The molecule has 0 radical (unpaired) electrons. The molecule has 21 heavy (non-hydrogen) atoms. The molecule has 3 rings (SSSR count). The molecule has 0 aromatic carbocycles. The summed E-state index contributed by atoms with van der Waals surface area (Å²) in [6.07, 6.45) is 1.65. The molecule has 3 amide bonds. The molecule has 0 spiro atoms. The first kappa shape index (κ1) is 14.3. The Morgan fingerprint density at radius 3 is 2.81 bits per heavy atom. The summed E-state index contributed by atoms with van der Waals surface area (Å²) >= 11 is 4.70. The van der Waals surface area contributed by atoms with Gasteiger partial charge in [0.15, 0.2) is 5.54 Å². The summed E-state index contributed by atoms with van der Waals surface area (Å²) in [6.45, 7) is 3.58. The summed E-state index contributed by atoms with van der Waals surface area (Å²) in [5.41, 5.74) is -1.17. The third-order valence-electron chi connectivity index (χ3n) is 3.33. The Kier molecular flexibility index (Phi) is 3.37. The second kappa shape index (κ2) is 4.96. The molecule has 8 heteroatoms. The van der Waals surface area contributed by atoms with Crippen LogP contribution in [0.2, 0.25) is 0 Å². The number of thiazole rings is 1. The summed E-state index contributed by atoms with van der Waals surface area (Å²) in [5, 5.41) is 3.38. The Morgan fingerprint density at radius 1 is 1.48 bits per heavy atom. The summed E-state index contributed by atoms with van der Waals surface area (Å²) in [5.74, 6) is 0.782. The number of rotatable bonds is 3. The van der Waals surface area contributed by atoms with E-state index in [-0.39, 0.29) is 12.5 Å². The SMILES string of the molecule is Cc1ccc(C2(C)NC(=O)N(Cc3ncc(Br)s3)C2=O)o1. The molecule has 1 saturated heterocycles. The van der Waals surface area contributed by atoms with Gasteiger partial charge in [0, 0.05) is 0 Å². The van der Waals surface area contributed by atoms with Gasteiger partial charge in [-0.25, -0.2) is 9.78 Å². The highest BCUT2D eigenvalue weighted by Crippen LogP contribution is 2.31. The van der Waals surface area contributed by atoms with Crippen molar-refractivity contribution in [3.63, 3.8) is 0 Å². The first-order valence-electron chi connectivity index (χ1n) is 6.21. The Balaban J connectivity index is 1.88. The van der Waals surface area contributed by atoms with Crippen LogP contribution in [0.25, 0.3) is 0 Å². The highest BCUT2D eigenvalue weighted by atomic mass is 79.9. The van der Waals surface area contributed by atoms with Gasteiger partial charge in [-0.1, -0.05) is 0 Å². The molecule has 1 aliphatic rings. The molecule has 1 atom stereocenters. The fraction of sp³-hybridized carbons (Fsp3) is 0.308. The van der Waals surface area contributed by atoms with Gasteiger partial charge in [0.2, 0.25) is 0 Å². The number of aryl methyl sites for hydroxylation is 1. The average molecular weight is 370 g/mol. The van der Waals surface area contributed by atoms with Crippen molar-refractivity contribution in [3.05, 3.63) is 38.6 Å². The monoisotopic (exact) mass is 369 g/mol. The number of aromatic nitrogens is 1. The Morgan fingerprint density at radius 2 is 2.24 bits per heavy atom. The van der Waals surface area contributed by atoms with Crippen molar-refractivity contribution < 1.29 is 14.0 Å². The maximum absolute atomic E-state index is 12.6. The van der Waals surface area contributed by atoms with Crippen molar-refractivity contribution in [2.45, 2.75) is 25.9 Å². The maximum atomic E-state index is 12.6. The third-order valence-corrected chi connectivity index (χ3v) is 4.79. The molecule has 110 valence electrons. The first-order chi connectivity index (χ1) is 9.90. The fourth-order valence-corrected chi connectivity index (χ4v) is 3.50. The largest absolute Gasteiger partial charge is 0.463 e. The van der Waals surface area contributed by atoms with Gasteiger partial charge in [0.1, 0.15) is 16.5 Å². The van der Waals surface area contributed by atoms with E-state index in [1.165, 1.54) is 11.3 Å². The van der Waals surface area contributed by atoms with Crippen LogP contribution in [0.15, 0.2) is 26.5 Å². The van der Waals surface area contributed by atoms with Crippen molar-refractivity contribution in [1.82, 2.24) is 15.2 Å². The van der Waals surface area contributed by atoms with E-state index in [1.807, 2.05) is 0 Å². The number of furan rings is 1. The second-order valence-electron chi connectivity index (χ2n) is 4.91. The molecule has 6 nitrogen and oxygen atoms in total. The van der Waals surface area contributed by atoms with Crippen LogP contribution in [-0.4, -0.2) is 21.8 Å². The molecule has 1 N–H and O–H groups in total. The number of carbonyl (C=O) groups excluding carboxylic acids is 2. The lowest BCUT2D eigenvalue weighted by molar-refractivity contribution is -0.132. The number of hydrogen-bond acceptors (Lipinski definition) is 5. The minimum atomic E-state index is -1.17. The van der Waals surface area contributed by atoms with E-state index >= 15 is 0 Å². The van der Waals surface area contributed by atoms with E-state index in [4.69, 9.17) is 4.42 Å². The summed E-state index contributed by atoms with van der Waals surface area (Å²) in [7, 11) is 0. The lowest BCUT2D eigenvalue weighted by Gasteiger charge is -2.18. The highest BCUT2D eigenvalue weighted by molar-refractivity contribution is 9.11. The predicted molar refractivity (Wildman–Crippen MR) is 79.7 cm³/mol. The summed E-state index contributed by atoms with van der Waals surface area (Å²) in [6, 6.07) is 3.03. The smallest absolute Gasteiger partial charge is 0.325 e. The number of urea groups is 1. The molecule has 1 unspecified atom stereocenters. The minimum absolute atomic E-state index is 0.149. The van der Waals surface area contributed by atoms with E-state index in [0.717, 1.165) is 8.69 Å². The van der Waals surface area contributed by atoms with E-state index in [0.29, 0.717) is 16.5 Å². The van der Waals surface area contributed by atoms with Crippen LogP contribution in [-0.2, 0) is 16.9 Å². The number of nitrogens with zero attached hydrogens (tertiary/aromatic N) is 2. The van der Waals surface area contributed by atoms with Gasteiger partial charge in [-0.15, -0.1) is 11.3 Å². The van der Waals surface area contributed by atoms with Crippen molar-refractivity contribution in [2.75, 3.05) is 0 Å². The van der Waals surface area contributed by atoms with Crippen LogP contribution >= 0.6 is 27.3 Å². The number of hydrogen-bond donors (Lipinski definition) is 1. The first-order valence-corrected chi connectivity index (χ1v) is 7.82. The second-order valence-corrected chi connectivity index (χ2v) is 7.41. The zero-order chi connectivity index (χ0) is 15.2. The van der Waals surface area contributed by atoms with E-state index in [1.54, 1.807) is 32.2 Å². The summed E-state index contributed by atoms with van der Waals surface area (Å²) < 4.78 is 6.36. The molecule has 0 saturated carbocycles. The van der Waals surface area contributed by atoms with Crippen LogP contribution in [0.3, 0.4) is 0 Å². The van der Waals surface area contributed by atoms with Gasteiger partial charge in [-0.3, -0.25) is 9.69 Å². The van der Waals surface area contributed by atoms with Gasteiger partial charge < -0.3 is 9.73 Å². The zero-order valence-corrected chi connectivity index (χ0v) is 13.7. The van der Waals surface area contributed by atoms with Gasteiger partial charge in [0.05, 0.1) is 16.5 Å². The standard InChI is InChI=1S/C13H12BrN3O3S/c1-7-3-4-8(20-7)13(2)11(18)17(12(19)16-13)6-10-15-5-9(14)21-10/h3-5H,6H2,1-2H3,(H,16,19).